The summed E-state index contributed by atoms with van der Waals surface area (Å²) in [6, 6.07) is 13.2. The van der Waals surface area contributed by atoms with Gasteiger partial charge in [0.15, 0.2) is 0 Å². The van der Waals surface area contributed by atoms with Crippen molar-refractivity contribution < 1.29 is 18.3 Å². The third-order valence-electron chi connectivity index (χ3n) is 2.95. The summed E-state index contributed by atoms with van der Waals surface area (Å²) in [5, 5.41) is 9.10. The Morgan fingerprint density at radius 1 is 1.14 bits per heavy atom. The van der Waals surface area contributed by atoms with Crippen LogP contribution in [0.1, 0.15) is 11.1 Å². The molecule has 0 fully saturated rings. The van der Waals surface area contributed by atoms with Crippen LogP contribution < -0.4 is 4.72 Å². The van der Waals surface area contributed by atoms with Crippen LogP contribution in [0.4, 0.5) is 5.69 Å². The van der Waals surface area contributed by atoms with Gasteiger partial charge in [-0.1, -0.05) is 30.3 Å². The second-order valence-electron chi connectivity index (χ2n) is 4.50. The van der Waals surface area contributed by atoms with E-state index in [1.807, 2.05) is 6.07 Å². The summed E-state index contributed by atoms with van der Waals surface area (Å²) in [5.41, 5.74) is 1.78. The Balaban J connectivity index is 2.33. The summed E-state index contributed by atoms with van der Waals surface area (Å²) in [6.07, 6.45) is 0. The van der Waals surface area contributed by atoms with Gasteiger partial charge in [-0.2, -0.15) is 0 Å². The maximum atomic E-state index is 12.4. The molecular formula is C15H17NO4S. The van der Waals surface area contributed by atoms with Gasteiger partial charge in [-0.15, -0.1) is 0 Å². The van der Waals surface area contributed by atoms with E-state index in [4.69, 9.17) is 9.84 Å². The van der Waals surface area contributed by atoms with E-state index >= 15 is 0 Å². The zero-order valence-electron chi connectivity index (χ0n) is 11.6. The number of anilines is 1. The van der Waals surface area contributed by atoms with Crippen molar-refractivity contribution in [3.05, 3.63) is 59.7 Å². The minimum Gasteiger partial charge on any atom is -0.392 e. The number of hydrogen-bond donors (Lipinski definition) is 2. The molecule has 0 spiro atoms. The monoisotopic (exact) mass is 307 g/mol. The predicted octanol–water partition coefficient (Wildman–Crippen LogP) is 2.13. The van der Waals surface area contributed by atoms with Crippen LogP contribution in [0.2, 0.25) is 0 Å². The van der Waals surface area contributed by atoms with E-state index in [0.29, 0.717) is 17.9 Å². The number of sulfonamides is 1. The van der Waals surface area contributed by atoms with Gasteiger partial charge in [0.1, 0.15) is 0 Å². The Hall–Kier alpha value is -1.89. The van der Waals surface area contributed by atoms with Crippen molar-refractivity contribution in [3.63, 3.8) is 0 Å². The quantitative estimate of drug-likeness (QED) is 0.857. The van der Waals surface area contributed by atoms with Crippen LogP contribution in [0.5, 0.6) is 0 Å². The van der Waals surface area contributed by atoms with Crippen LogP contribution in [0, 0.1) is 0 Å². The van der Waals surface area contributed by atoms with Crippen LogP contribution in [0.25, 0.3) is 0 Å². The molecule has 0 saturated heterocycles. The largest absolute Gasteiger partial charge is 0.392 e. The van der Waals surface area contributed by atoms with Crippen LogP contribution >= 0.6 is 0 Å². The van der Waals surface area contributed by atoms with Gasteiger partial charge >= 0.3 is 0 Å². The molecule has 0 heterocycles. The topological polar surface area (TPSA) is 75.6 Å². The van der Waals surface area contributed by atoms with E-state index in [2.05, 4.69) is 4.72 Å². The minimum absolute atomic E-state index is 0.112. The molecule has 0 aliphatic rings. The van der Waals surface area contributed by atoms with Crippen molar-refractivity contribution in [3.8, 4) is 0 Å². The van der Waals surface area contributed by atoms with E-state index < -0.39 is 10.0 Å². The van der Waals surface area contributed by atoms with Gasteiger partial charge in [0, 0.05) is 12.7 Å². The molecule has 2 rings (SSSR count). The average molecular weight is 307 g/mol. The molecule has 0 atom stereocenters. The van der Waals surface area contributed by atoms with Gasteiger partial charge < -0.3 is 9.84 Å². The molecule has 0 amide bonds. The maximum Gasteiger partial charge on any atom is 0.261 e. The summed E-state index contributed by atoms with van der Waals surface area (Å²) in [4.78, 5) is 0.112. The fraction of sp³-hybridized carbons (Fsp3) is 0.200. The van der Waals surface area contributed by atoms with Gasteiger partial charge in [0.2, 0.25) is 0 Å². The second-order valence-corrected chi connectivity index (χ2v) is 6.18. The van der Waals surface area contributed by atoms with E-state index in [1.54, 1.807) is 37.4 Å². The number of benzene rings is 2. The average Bonchev–Trinajstić information content (AvgIpc) is 2.49. The highest BCUT2D eigenvalue weighted by molar-refractivity contribution is 7.92. The molecule has 0 saturated carbocycles. The van der Waals surface area contributed by atoms with Crippen molar-refractivity contribution in [2.45, 2.75) is 18.1 Å². The van der Waals surface area contributed by atoms with Gasteiger partial charge in [0.25, 0.3) is 10.0 Å². The number of aliphatic hydroxyl groups is 1. The second kappa shape index (κ2) is 6.71. The fourth-order valence-electron chi connectivity index (χ4n) is 1.92. The highest BCUT2D eigenvalue weighted by atomic mass is 32.2. The SMILES string of the molecule is COCc1ccccc1NS(=O)(=O)c1cccc(CO)c1. The molecular weight excluding hydrogens is 290 g/mol. The van der Waals surface area contributed by atoms with Crippen molar-refractivity contribution in [2.75, 3.05) is 11.8 Å². The summed E-state index contributed by atoms with van der Waals surface area (Å²) in [5.74, 6) is 0. The first kappa shape index (κ1) is 15.5. The molecule has 2 N–H and O–H groups in total. The molecule has 0 bridgehead atoms. The Labute approximate surface area is 124 Å². The van der Waals surface area contributed by atoms with Crippen molar-refractivity contribution in [1.29, 1.82) is 0 Å². The van der Waals surface area contributed by atoms with Gasteiger partial charge in [-0.05, 0) is 23.8 Å². The van der Waals surface area contributed by atoms with Gasteiger partial charge in [-0.3, -0.25) is 4.72 Å². The zero-order chi connectivity index (χ0) is 15.3. The Bertz CT molecular complexity index is 713. The number of para-hydroxylation sites is 1. The number of hydrogen-bond acceptors (Lipinski definition) is 4. The first-order valence-electron chi connectivity index (χ1n) is 6.36. The first-order valence-corrected chi connectivity index (χ1v) is 7.84. The standard InChI is InChI=1S/C15H17NO4S/c1-20-11-13-6-2-3-8-15(13)16-21(18,19)14-7-4-5-12(9-14)10-17/h2-9,16-17H,10-11H2,1H3. The third-order valence-corrected chi connectivity index (χ3v) is 4.32. The number of aliphatic hydroxyl groups excluding tert-OH is 1. The zero-order valence-corrected chi connectivity index (χ0v) is 12.4. The molecule has 2 aromatic rings. The first-order chi connectivity index (χ1) is 10.1. The maximum absolute atomic E-state index is 12.4. The summed E-state index contributed by atoms with van der Waals surface area (Å²) >= 11 is 0. The van der Waals surface area contributed by atoms with Crippen molar-refractivity contribution in [1.82, 2.24) is 0 Å². The van der Waals surface area contributed by atoms with Crippen LogP contribution in [0.15, 0.2) is 53.4 Å². The molecule has 6 heteroatoms. The van der Waals surface area contributed by atoms with Crippen LogP contribution in [-0.2, 0) is 28.0 Å². The Morgan fingerprint density at radius 2 is 1.90 bits per heavy atom. The smallest absolute Gasteiger partial charge is 0.261 e. The van der Waals surface area contributed by atoms with Gasteiger partial charge in [-0.25, -0.2) is 8.42 Å². The Kier molecular flexibility index (Phi) is 4.95. The van der Waals surface area contributed by atoms with E-state index in [1.165, 1.54) is 12.1 Å². The number of methoxy groups -OCH3 is 1. The minimum atomic E-state index is -3.70. The van der Waals surface area contributed by atoms with E-state index in [0.717, 1.165) is 5.56 Å². The van der Waals surface area contributed by atoms with Gasteiger partial charge in [0.05, 0.1) is 23.8 Å². The lowest BCUT2D eigenvalue weighted by atomic mass is 10.2. The third kappa shape index (κ3) is 3.81. The highest BCUT2D eigenvalue weighted by Gasteiger charge is 2.16. The molecule has 2 aromatic carbocycles. The number of ether oxygens (including phenoxy) is 1. The lowest BCUT2D eigenvalue weighted by molar-refractivity contribution is 0.185. The summed E-state index contributed by atoms with van der Waals surface area (Å²) < 4.78 is 32.4. The van der Waals surface area contributed by atoms with Crippen LogP contribution in [-0.4, -0.2) is 20.6 Å². The summed E-state index contributed by atoms with van der Waals surface area (Å²) in [7, 11) is -2.15. The highest BCUT2D eigenvalue weighted by Crippen LogP contribution is 2.21. The number of nitrogens with one attached hydrogen (secondary N) is 1. The Morgan fingerprint density at radius 3 is 2.62 bits per heavy atom. The van der Waals surface area contributed by atoms with Crippen LogP contribution in [0.3, 0.4) is 0 Å². The molecule has 0 aliphatic carbocycles. The molecule has 0 unspecified atom stereocenters. The van der Waals surface area contributed by atoms with E-state index in [9.17, 15) is 8.42 Å². The fourth-order valence-corrected chi connectivity index (χ4v) is 3.09. The lowest BCUT2D eigenvalue weighted by Gasteiger charge is -2.12. The summed E-state index contributed by atoms with van der Waals surface area (Å²) in [6.45, 7) is 0.110. The lowest BCUT2D eigenvalue weighted by Crippen LogP contribution is -2.14. The number of rotatable bonds is 6. The molecule has 5 nitrogen and oxygen atoms in total. The molecule has 0 aromatic heterocycles. The normalized spacial score (nSPS) is 11.3. The van der Waals surface area contributed by atoms with E-state index in [-0.39, 0.29) is 11.5 Å². The molecule has 0 radical (unpaired) electrons. The predicted molar refractivity (Wildman–Crippen MR) is 80.3 cm³/mol. The van der Waals surface area contributed by atoms with Crippen molar-refractivity contribution >= 4 is 15.7 Å². The molecule has 21 heavy (non-hydrogen) atoms. The molecule has 112 valence electrons. The molecule has 0 aliphatic heterocycles. The van der Waals surface area contributed by atoms with Crippen molar-refractivity contribution in [2.24, 2.45) is 0 Å².